The molecule has 0 fully saturated rings. The van der Waals surface area contributed by atoms with Crippen molar-refractivity contribution in [1.29, 1.82) is 0 Å². The molecule has 0 saturated carbocycles. The second-order valence-corrected chi connectivity index (χ2v) is 3.42. The van der Waals surface area contributed by atoms with Gasteiger partial charge in [-0.05, 0) is 36.6 Å². The summed E-state index contributed by atoms with van der Waals surface area (Å²) in [6.45, 7) is 4.10. The van der Waals surface area contributed by atoms with Gasteiger partial charge in [0.1, 0.15) is 0 Å². The van der Waals surface area contributed by atoms with Crippen molar-refractivity contribution in [2.45, 2.75) is 20.4 Å². The number of benzene rings is 1. The van der Waals surface area contributed by atoms with Crippen LogP contribution >= 0.6 is 0 Å². The van der Waals surface area contributed by atoms with Crippen molar-refractivity contribution in [2.75, 3.05) is 7.11 Å². The minimum atomic E-state index is -0.355. The van der Waals surface area contributed by atoms with E-state index in [9.17, 15) is 4.79 Å². The second kappa shape index (κ2) is 4.91. The molecule has 15 heavy (non-hydrogen) atoms. The molecule has 0 radical (unpaired) electrons. The second-order valence-electron chi connectivity index (χ2n) is 3.42. The van der Waals surface area contributed by atoms with Crippen LogP contribution in [0.1, 0.15) is 27.0 Å². The molecule has 1 aromatic rings. The number of esters is 1. The maximum Gasteiger partial charge on any atom is 0.338 e. The number of nitrogens with one attached hydrogen (secondary N) is 1. The van der Waals surface area contributed by atoms with Crippen LogP contribution in [0.5, 0.6) is 0 Å². The summed E-state index contributed by atoms with van der Waals surface area (Å²) in [4.78, 5) is 11.4. The zero-order chi connectivity index (χ0) is 11.4. The minimum Gasteiger partial charge on any atom is -0.465 e. The normalized spacial score (nSPS) is 10.1. The number of hydrogen-bond acceptors (Lipinski definition) is 4. The maximum absolute atomic E-state index is 11.4. The van der Waals surface area contributed by atoms with E-state index in [1.54, 1.807) is 6.07 Å². The summed E-state index contributed by atoms with van der Waals surface area (Å²) >= 11 is 0. The molecule has 0 unspecified atom stereocenters. The largest absolute Gasteiger partial charge is 0.465 e. The van der Waals surface area contributed by atoms with Gasteiger partial charge in [-0.2, -0.15) is 0 Å². The average Bonchev–Trinajstić information content (AvgIpc) is 2.21. The van der Waals surface area contributed by atoms with Crippen LogP contribution in [0.4, 0.5) is 0 Å². The van der Waals surface area contributed by atoms with Crippen molar-refractivity contribution in [3.05, 3.63) is 34.4 Å². The molecule has 0 aliphatic carbocycles. The lowest BCUT2D eigenvalue weighted by Gasteiger charge is -2.10. The highest BCUT2D eigenvalue weighted by Crippen LogP contribution is 2.16. The highest BCUT2D eigenvalue weighted by atomic mass is 16.5. The van der Waals surface area contributed by atoms with E-state index in [1.807, 2.05) is 19.9 Å². The zero-order valence-corrected chi connectivity index (χ0v) is 9.13. The first-order valence-electron chi connectivity index (χ1n) is 4.65. The van der Waals surface area contributed by atoms with Crippen LogP contribution in [-0.2, 0) is 11.3 Å². The van der Waals surface area contributed by atoms with Gasteiger partial charge in [-0.1, -0.05) is 6.07 Å². The summed E-state index contributed by atoms with van der Waals surface area (Å²) in [5.74, 6) is -0.355. The Labute approximate surface area is 88.8 Å². The number of hydroxylamine groups is 1. The average molecular weight is 209 g/mol. The number of rotatable bonds is 3. The van der Waals surface area contributed by atoms with Gasteiger partial charge in [0.05, 0.1) is 12.7 Å². The van der Waals surface area contributed by atoms with Gasteiger partial charge in [-0.3, -0.25) is 0 Å². The van der Waals surface area contributed by atoms with Gasteiger partial charge in [0.15, 0.2) is 0 Å². The van der Waals surface area contributed by atoms with Crippen LogP contribution < -0.4 is 5.48 Å². The number of methoxy groups -OCH3 is 1. The molecule has 4 heteroatoms. The van der Waals surface area contributed by atoms with E-state index in [4.69, 9.17) is 5.21 Å². The Bertz CT molecular complexity index is 374. The van der Waals surface area contributed by atoms with Crippen LogP contribution in [0.15, 0.2) is 12.1 Å². The predicted molar refractivity (Wildman–Crippen MR) is 55.9 cm³/mol. The molecule has 82 valence electrons. The summed E-state index contributed by atoms with van der Waals surface area (Å²) in [6.07, 6.45) is 0. The molecule has 0 aromatic heterocycles. The van der Waals surface area contributed by atoms with E-state index in [0.717, 1.165) is 16.7 Å². The van der Waals surface area contributed by atoms with Crippen molar-refractivity contribution in [3.8, 4) is 0 Å². The molecule has 2 N–H and O–H groups in total. The lowest BCUT2D eigenvalue weighted by molar-refractivity contribution is 0.0599. The topological polar surface area (TPSA) is 58.6 Å². The monoisotopic (exact) mass is 209 g/mol. The van der Waals surface area contributed by atoms with E-state index >= 15 is 0 Å². The summed E-state index contributed by atoms with van der Waals surface area (Å²) in [6, 6.07) is 3.64. The Morgan fingerprint density at radius 3 is 2.60 bits per heavy atom. The van der Waals surface area contributed by atoms with Crippen molar-refractivity contribution >= 4 is 5.97 Å². The Kier molecular flexibility index (Phi) is 3.82. The van der Waals surface area contributed by atoms with Gasteiger partial charge in [-0.15, -0.1) is 0 Å². The molecule has 0 spiro atoms. The molecule has 0 aliphatic rings. The molecule has 0 aliphatic heterocycles. The van der Waals surface area contributed by atoms with Crippen molar-refractivity contribution in [1.82, 2.24) is 5.48 Å². The fourth-order valence-electron chi connectivity index (χ4n) is 1.50. The van der Waals surface area contributed by atoms with Gasteiger partial charge in [-0.25, -0.2) is 10.3 Å². The number of hydrogen-bond donors (Lipinski definition) is 2. The third kappa shape index (κ3) is 2.55. The van der Waals surface area contributed by atoms with E-state index < -0.39 is 0 Å². The van der Waals surface area contributed by atoms with Gasteiger partial charge >= 0.3 is 5.97 Å². The van der Waals surface area contributed by atoms with Gasteiger partial charge in [0.2, 0.25) is 0 Å². The Balaban J connectivity index is 3.17. The van der Waals surface area contributed by atoms with Crippen LogP contribution in [0.3, 0.4) is 0 Å². The molecule has 4 nitrogen and oxygen atoms in total. The lowest BCUT2D eigenvalue weighted by Crippen LogP contribution is -2.11. The smallest absolute Gasteiger partial charge is 0.338 e. The van der Waals surface area contributed by atoms with Crippen LogP contribution in [0.2, 0.25) is 0 Å². The number of carbonyl (C=O) groups excluding carboxylic acids is 1. The van der Waals surface area contributed by atoms with Crippen LogP contribution in [0, 0.1) is 13.8 Å². The molecular weight excluding hydrogens is 194 g/mol. The summed E-state index contributed by atoms with van der Waals surface area (Å²) in [7, 11) is 1.35. The van der Waals surface area contributed by atoms with Gasteiger partial charge < -0.3 is 9.94 Å². The van der Waals surface area contributed by atoms with Crippen LogP contribution in [-0.4, -0.2) is 18.3 Å². The molecule has 0 heterocycles. The molecule has 0 amide bonds. The molecule has 0 atom stereocenters. The fourth-order valence-corrected chi connectivity index (χ4v) is 1.50. The quantitative estimate of drug-likeness (QED) is 0.586. The van der Waals surface area contributed by atoms with Crippen molar-refractivity contribution < 1.29 is 14.7 Å². The Morgan fingerprint density at radius 2 is 2.07 bits per heavy atom. The molecule has 1 rings (SSSR count). The van der Waals surface area contributed by atoms with Crippen molar-refractivity contribution in [3.63, 3.8) is 0 Å². The minimum absolute atomic E-state index is 0.316. The van der Waals surface area contributed by atoms with E-state index in [1.165, 1.54) is 7.11 Å². The number of ether oxygens (including phenoxy) is 1. The van der Waals surface area contributed by atoms with Crippen LogP contribution in [0.25, 0.3) is 0 Å². The van der Waals surface area contributed by atoms with Gasteiger partial charge in [0, 0.05) is 6.54 Å². The number of carbonyl (C=O) groups is 1. The highest BCUT2D eigenvalue weighted by molar-refractivity contribution is 5.91. The number of aryl methyl sites for hydroxylation is 2. The third-order valence-electron chi connectivity index (χ3n) is 2.36. The zero-order valence-electron chi connectivity index (χ0n) is 9.13. The van der Waals surface area contributed by atoms with Gasteiger partial charge in [0.25, 0.3) is 0 Å². The summed E-state index contributed by atoms with van der Waals surface area (Å²) in [5.41, 5.74) is 5.40. The Hall–Kier alpha value is -1.39. The highest BCUT2D eigenvalue weighted by Gasteiger charge is 2.11. The SMILES string of the molecule is COC(=O)c1cc(CNO)c(C)cc1C. The first-order valence-corrected chi connectivity index (χ1v) is 4.65. The predicted octanol–water partition coefficient (Wildman–Crippen LogP) is 1.57. The van der Waals surface area contributed by atoms with E-state index in [-0.39, 0.29) is 5.97 Å². The molecule has 0 bridgehead atoms. The Morgan fingerprint density at radius 1 is 1.40 bits per heavy atom. The van der Waals surface area contributed by atoms with E-state index in [0.29, 0.717) is 12.1 Å². The standard InChI is InChI=1S/C11H15NO3/c1-7-4-8(2)10(11(13)15-3)5-9(7)6-12-14/h4-5,12,14H,6H2,1-3H3. The fraction of sp³-hybridized carbons (Fsp3) is 0.364. The maximum atomic E-state index is 11.4. The molecular formula is C11H15NO3. The first-order chi connectivity index (χ1) is 7.10. The molecule has 1 aromatic carbocycles. The third-order valence-corrected chi connectivity index (χ3v) is 2.36. The molecule has 0 saturated heterocycles. The summed E-state index contributed by atoms with van der Waals surface area (Å²) < 4.78 is 4.67. The lowest BCUT2D eigenvalue weighted by atomic mass is 10.00. The first kappa shape index (κ1) is 11.7. The van der Waals surface area contributed by atoms with E-state index in [2.05, 4.69) is 10.2 Å². The summed E-state index contributed by atoms with van der Waals surface area (Å²) in [5, 5.41) is 8.63. The van der Waals surface area contributed by atoms with Crippen molar-refractivity contribution in [2.24, 2.45) is 0 Å².